The molecule has 1 fully saturated rings. The first-order valence-electron chi connectivity index (χ1n) is 8.32. The second-order valence-electron chi connectivity index (χ2n) is 6.90. The van der Waals surface area contributed by atoms with E-state index in [9.17, 15) is 22.8 Å². The fourth-order valence-corrected chi connectivity index (χ4v) is 2.86. The molecule has 4 N–H and O–H groups in total. The van der Waals surface area contributed by atoms with E-state index in [0.717, 1.165) is 19.0 Å². The Morgan fingerprint density at radius 3 is 2.62 bits per heavy atom. The number of amides is 2. The number of halogens is 3. The summed E-state index contributed by atoms with van der Waals surface area (Å²) in [6.07, 6.45) is 0.886. The molecule has 1 aliphatic heterocycles. The molecule has 26 heavy (non-hydrogen) atoms. The maximum Gasteiger partial charge on any atom is 0.243 e. The molecule has 0 aliphatic carbocycles. The number of hydrogen-bond donors (Lipinski definition) is 3. The number of nitrogens with two attached hydrogens (primary N) is 1. The molecule has 144 valence electrons. The smallest absolute Gasteiger partial charge is 0.243 e. The van der Waals surface area contributed by atoms with Gasteiger partial charge in [-0.05, 0) is 44.0 Å². The first-order valence-corrected chi connectivity index (χ1v) is 8.32. The molecule has 2 unspecified atom stereocenters. The summed E-state index contributed by atoms with van der Waals surface area (Å²) in [4.78, 5) is 26.0. The molecule has 1 aromatic carbocycles. The number of nitrogens with one attached hydrogen (secondary N) is 2. The third-order valence-electron chi connectivity index (χ3n) is 4.74. The molecule has 9 heteroatoms. The number of carbonyl (C=O) groups is 2. The van der Waals surface area contributed by atoms with Crippen molar-refractivity contribution in [3.63, 3.8) is 0 Å². The molecule has 1 aliphatic rings. The predicted octanol–water partition coefficient (Wildman–Crippen LogP) is 1.22. The summed E-state index contributed by atoms with van der Waals surface area (Å²) in [6, 6.07) is 1.17. The number of nitrogens with zero attached hydrogens (tertiary/aromatic N) is 1. The van der Waals surface area contributed by atoms with Crippen molar-refractivity contribution in [1.29, 1.82) is 0 Å². The number of hydrogen-bond acceptors (Lipinski definition) is 4. The fourth-order valence-electron chi connectivity index (χ4n) is 2.86. The van der Waals surface area contributed by atoms with Gasteiger partial charge in [0.15, 0.2) is 17.5 Å². The Balaban J connectivity index is 1.85. The van der Waals surface area contributed by atoms with Crippen molar-refractivity contribution < 1.29 is 22.8 Å². The molecule has 1 aromatic rings. The zero-order valence-corrected chi connectivity index (χ0v) is 14.7. The molecule has 1 saturated heterocycles. The lowest BCUT2D eigenvalue weighted by molar-refractivity contribution is -0.127. The highest BCUT2D eigenvalue weighted by Gasteiger charge is 2.36. The van der Waals surface area contributed by atoms with Gasteiger partial charge in [0.25, 0.3) is 0 Å². The van der Waals surface area contributed by atoms with Crippen molar-refractivity contribution in [3.8, 4) is 0 Å². The topological polar surface area (TPSA) is 87.5 Å². The Bertz CT molecular complexity index is 701. The highest BCUT2D eigenvalue weighted by atomic mass is 19.2. The van der Waals surface area contributed by atoms with Gasteiger partial charge >= 0.3 is 0 Å². The van der Waals surface area contributed by atoms with Crippen LogP contribution in [0.1, 0.15) is 20.3 Å². The minimum atomic E-state index is -1.67. The minimum Gasteiger partial charge on any atom is -0.346 e. The zero-order valence-electron chi connectivity index (χ0n) is 14.7. The van der Waals surface area contributed by atoms with E-state index in [2.05, 4.69) is 17.6 Å². The lowest BCUT2D eigenvalue weighted by atomic mass is 9.90. The Hall–Kier alpha value is -2.13. The van der Waals surface area contributed by atoms with Gasteiger partial charge < -0.3 is 16.4 Å². The van der Waals surface area contributed by atoms with Crippen molar-refractivity contribution in [2.45, 2.75) is 26.3 Å². The van der Waals surface area contributed by atoms with Gasteiger partial charge in [-0.25, -0.2) is 13.2 Å². The summed E-state index contributed by atoms with van der Waals surface area (Å²) in [5.74, 6) is -5.61. The van der Waals surface area contributed by atoms with Gasteiger partial charge in [-0.1, -0.05) is 6.92 Å². The molecule has 0 radical (unpaired) electrons. The molecule has 2 rings (SSSR count). The van der Waals surface area contributed by atoms with Crippen molar-refractivity contribution >= 4 is 17.5 Å². The highest BCUT2D eigenvalue weighted by Crippen LogP contribution is 2.29. The summed E-state index contributed by atoms with van der Waals surface area (Å²) >= 11 is 0. The quantitative estimate of drug-likeness (QED) is 0.656. The van der Waals surface area contributed by atoms with Gasteiger partial charge in [-0.2, -0.15) is 0 Å². The van der Waals surface area contributed by atoms with E-state index in [-0.39, 0.29) is 11.3 Å². The Kier molecular flexibility index (Phi) is 6.25. The monoisotopic (exact) mass is 372 g/mol. The fraction of sp³-hybridized carbons (Fsp3) is 0.529. The highest BCUT2D eigenvalue weighted by molar-refractivity contribution is 5.95. The third kappa shape index (κ3) is 4.53. The van der Waals surface area contributed by atoms with E-state index in [4.69, 9.17) is 5.73 Å². The predicted molar refractivity (Wildman–Crippen MR) is 90.8 cm³/mol. The van der Waals surface area contributed by atoms with Crippen molar-refractivity contribution in [2.24, 2.45) is 11.1 Å². The molecule has 0 saturated carbocycles. The SMILES string of the molecule is CC(C(=O)NCC(=O)Nc1ccc(F)c(F)c1F)N1CCC(C)(CN)C1. The van der Waals surface area contributed by atoms with Crippen LogP contribution < -0.4 is 16.4 Å². The average Bonchev–Trinajstić information content (AvgIpc) is 3.02. The number of benzene rings is 1. The van der Waals surface area contributed by atoms with Crippen LogP contribution in [0.5, 0.6) is 0 Å². The van der Waals surface area contributed by atoms with Gasteiger partial charge in [-0.3, -0.25) is 14.5 Å². The molecule has 0 aromatic heterocycles. The largest absolute Gasteiger partial charge is 0.346 e. The van der Waals surface area contributed by atoms with Crippen LogP contribution in [0.25, 0.3) is 0 Å². The van der Waals surface area contributed by atoms with Crippen molar-refractivity contribution in [3.05, 3.63) is 29.6 Å². The summed E-state index contributed by atoms with van der Waals surface area (Å²) in [6.45, 7) is 5.31. The van der Waals surface area contributed by atoms with E-state index >= 15 is 0 Å². The van der Waals surface area contributed by atoms with Crippen LogP contribution in [-0.4, -0.2) is 48.9 Å². The van der Waals surface area contributed by atoms with Gasteiger partial charge in [0.2, 0.25) is 11.8 Å². The lowest BCUT2D eigenvalue weighted by Crippen LogP contribution is -2.47. The second kappa shape index (κ2) is 8.05. The van der Waals surface area contributed by atoms with Crippen LogP contribution in [0.15, 0.2) is 12.1 Å². The molecule has 0 bridgehead atoms. The molecule has 2 amide bonds. The maximum atomic E-state index is 13.5. The minimum absolute atomic E-state index is 0.0316. The molecular formula is C17H23F3N4O2. The Morgan fingerprint density at radius 1 is 1.31 bits per heavy atom. The average molecular weight is 372 g/mol. The zero-order chi connectivity index (χ0) is 19.5. The van der Waals surface area contributed by atoms with Crippen LogP contribution in [0.2, 0.25) is 0 Å². The van der Waals surface area contributed by atoms with Gasteiger partial charge in [0, 0.05) is 6.54 Å². The van der Waals surface area contributed by atoms with Crippen LogP contribution in [0, 0.1) is 22.9 Å². The standard InChI is InChI=1S/C17H23F3N4O2/c1-10(24-6-5-17(2,8-21)9-24)16(26)22-7-13(25)23-12-4-3-11(18)14(19)15(12)20/h3-4,10H,5-9,21H2,1-2H3,(H,22,26)(H,23,25). The first kappa shape index (κ1) is 20.2. The van der Waals surface area contributed by atoms with Gasteiger partial charge in [0.05, 0.1) is 18.3 Å². The number of anilines is 1. The van der Waals surface area contributed by atoms with Crippen LogP contribution in [0.4, 0.5) is 18.9 Å². The lowest BCUT2D eigenvalue weighted by Gasteiger charge is -2.26. The maximum absolute atomic E-state index is 13.5. The molecule has 1 heterocycles. The van der Waals surface area contributed by atoms with Gasteiger partial charge in [-0.15, -0.1) is 0 Å². The molecular weight excluding hydrogens is 349 g/mol. The molecule has 6 nitrogen and oxygen atoms in total. The van der Waals surface area contributed by atoms with E-state index in [1.165, 1.54) is 0 Å². The summed E-state index contributed by atoms with van der Waals surface area (Å²) in [5.41, 5.74) is 5.23. The van der Waals surface area contributed by atoms with Crippen LogP contribution in [0.3, 0.4) is 0 Å². The molecule has 0 spiro atoms. The van der Waals surface area contributed by atoms with E-state index in [1.807, 2.05) is 4.90 Å². The van der Waals surface area contributed by atoms with E-state index in [0.29, 0.717) is 19.2 Å². The summed E-state index contributed by atoms with van der Waals surface area (Å²) < 4.78 is 39.5. The summed E-state index contributed by atoms with van der Waals surface area (Å²) in [7, 11) is 0. The Morgan fingerprint density at radius 2 is 2.00 bits per heavy atom. The number of carbonyl (C=O) groups excluding carboxylic acids is 2. The summed E-state index contributed by atoms with van der Waals surface area (Å²) in [5, 5.41) is 4.55. The molecule has 2 atom stereocenters. The van der Waals surface area contributed by atoms with Crippen molar-refractivity contribution in [2.75, 3.05) is 31.5 Å². The normalized spacial score (nSPS) is 21.5. The van der Waals surface area contributed by atoms with Gasteiger partial charge in [0.1, 0.15) is 0 Å². The Labute approximate surface area is 149 Å². The second-order valence-corrected chi connectivity index (χ2v) is 6.90. The van der Waals surface area contributed by atoms with Crippen LogP contribution in [-0.2, 0) is 9.59 Å². The first-order chi connectivity index (χ1) is 12.2. The third-order valence-corrected chi connectivity index (χ3v) is 4.74. The number of rotatable bonds is 6. The van der Waals surface area contributed by atoms with Crippen molar-refractivity contribution in [1.82, 2.24) is 10.2 Å². The van der Waals surface area contributed by atoms with Crippen LogP contribution >= 0.6 is 0 Å². The number of likely N-dealkylation sites (tertiary alicyclic amines) is 1. The van der Waals surface area contributed by atoms with E-state index < -0.39 is 41.6 Å². The van der Waals surface area contributed by atoms with E-state index in [1.54, 1.807) is 6.92 Å².